The summed E-state index contributed by atoms with van der Waals surface area (Å²) >= 11 is 0. The van der Waals surface area contributed by atoms with Gasteiger partial charge in [0.25, 0.3) is 0 Å². The van der Waals surface area contributed by atoms with E-state index >= 15 is 0 Å². The maximum Gasteiger partial charge on any atom is 0.314 e. The zero-order valence-corrected chi connectivity index (χ0v) is 4.05. The Labute approximate surface area is 45.0 Å². The fourth-order valence-electron chi connectivity index (χ4n) is 0.433. The first-order chi connectivity index (χ1) is 3.29. The summed E-state index contributed by atoms with van der Waals surface area (Å²) in [6.45, 7) is 0. The molecule has 0 amide bonds. The van der Waals surface area contributed by atoms with E-state index in [1.54, 1.807) is 0 Å². The van der Waals surface area contributed by atoms with Crippen molar-refractivity contribution in [2.45, 2.75) is 12.8 Å². The predicted molar refractivity (Wildman–Crippen MR) is 22.8 cm³/mol. The standard InChI is InChI=1S/C4H4O3.FH/c5-3-1-2-4(6)7-3;/h1-2H2;1H. The number of esters is 2. The first-order valence-corrected chi connectivity index (χ1v) is 2.02. The molecule has 8 heavy (non-hydrogen) atoms. The largest absolute Gasteiger partial charge is 0.393 e. The average Bonchev–Trinajstić information content (AvgIpc) is 1.87. The summed E-state index contributed by atoms with van der Waals surface area (Å²) in [5.41, 5.74) is 0. The van der Waals surface area contributed by atoms with Gasteiger partial charge in [-0.25, -0.2) is 0 Å². The Morgan fingerprint density at radius 3 is 1.62 bits per heavy atom. The average molecular weight is 120 g/mol. The number of cyclic esters (lactones) is 2. The quantitative estimate of drug-likeness (QED) is 0.334. The van der Waals surface area contributed by atoms with E-state index in [1.807, 2.05) is 0 Å². The molecular formula is C4H5FO3. The van der Waals surface area contributed by atoms with Crippen molar-refractivity contribution in [1.82, 2.24) is 0 Å². The Balaban J connectivity index is 0.000000490. The third-order valence-corrected chi connectivity index (χ3v) is 0.761. The molecule has 0 aliphatic carbocycles. The molecule has 1 saturated heterocycles. The van der Waals surface area contributed by atoms with Crippen molar-refractivity contribution in [3.8, 4) is 0 Å². The summed E-state index contributed by atoms with van der Waals surface area (Å²) in [4.78, 5) is 20.0. The van der Waals surface area contributed by atoms with Crippen LogP contribution in [0, 0.1) is 0 Å². The number of carbonyl (C=O) groups is 2. The number of halogens is 1. The highest BCUT2D eigenvalue weighted by Gasteiger charge is 2.19. The molecule has 0 aromatic heterocycles. The van der Waals surface area contributed by atoms with Crippen LogP contribution in [0.25, 0.3) is 0 Å². The topological polar surface area (TPSA) is 43.4 Å². The van der Waals surface area contributed by atoms with Crippen LogP contribution in [0.15, 0.2) is 0 Å². The van der Waals surface area contributed by atoms with E-state index in [4.69, 9.17) is 0 Å². The minimum Gasteiger partial charge on any atom is -0.393 e. The minimum atomic E-state index is -0.398. The van der Waals surface area contributed by atoms with Crippen molar-refractivity contribution < 1.29 is 19.0 Å². The van der Waals surface area contributed by atoms with E-state index in [0.29, 0.717) is 0 Å². The maximum absolute atomic E-state index is 10.0. The van der Waals surface area contributed by atoms with Crippen LogP contribution in [-0.4, -0.2) is 11.9 Å². The van der Waals surface area contributed by atoms with Crippen molar-refractivity contribution >= 4 is 11.9 Å². The van der Waals surface area contributed by atoms with Crippen molar-refractivity contribution in [3.05, 3.63) is 0 Å². The second kappa shape index (κ2) is 2.40. The van der Waals surface area contributed by atoms with Gasteiger partial charge in [0.15, 0.2) is 0 Å². The second-order valence-electron chi connectivity index (χ2n) is 1.35. The van der Waals surface area contributed by atoms with Crippen LogP contribution >= 0.6 is 0 Å². The van der Waals surface area contributed by atoms with E-state index < -0.39 is 11.9 Å². The van der Waals surface area contributed by atoms with Gasteiger partial charge in [0, 0.05) is 0 Å². The van der Waals surface area contributed by atoms with Gasteiger partial charge in [-0.05, 0) is 0 Å². The van der Waals surface area contributed by atoms with Gasteiger partial charge < -0.3 is 4.74 Å². The maximum atomic E-state index is 10.0. The third kappa shape index (κ3) is 1.29. The lowest BCUT2D eigenvalue weighted by atomic mass is 10.4. The molecule has 0 radical (unpaired) electrons. The molecule has 1 fully saturated rings. The summed E-state index contributed by atoms with van der Waals surface area (Å²) < 4.78 is 4.08. The highest BCUT2D eigenvalue weighted by molar-refractivity contribution is 5.92. The van der Waals surface area contributed by atoms with Crippen molar-refractivity contribution in [2.24, 2.45) is 0 Å². The Morgan fingerprint density at radius 2 is 1.50 bits per heavy atom. The van der Waals surface area contributed by atoms with Gasteiger partial charge in [-0.3, -0.25) is 14.3 Å². The van der Waals surface area contributed by atoms with Crippen LogP contribution in [-0.2, 0) is 14.3 Å². The van der Waals surface area contributed by atoms with Gasteiger partial charge in [0.05, 0.1) is 12.8 Å². The zero-order chi connectivity index (χ0) is 5.28. The van der Waals surface area contributed by atoms with Crippen LogP contribution in [0.5, 0.6) is 0 Å². The third-order valence-electron chi connectivity index (χ3n) is 0.761. The summed E-state index contributed by atoms with van der Waals surface area (Å²) in [6.07, 6.45) is 0.525. The van der Waals surface area contributed by atoms with E-state index in [0.717, 1.165) is 0 Å². The molecule has 0 aromatic carbocycles. The van der Waals surface area contributed by atoms with Crippen LogP contribution in [0.1, 0.15) is 12.8 Å². The van der Waals surface area contributed by atoms with Crippen LogP contribution in [0.3, 0.4) is 0 Å². The lowest BCUT2D eigenvalue weighted by Crippen LogP contribution is -1.94. The Kier molecular flexibility index (Phi) is 2.12. The van der Waals surface area contributed by atoms with Gasteiger partial charge in [0.1, 0.15) is 0 Å². The summed E-state index contributed by atoms with van der Waals surface area (Å²) in [5.74, 6) is -0.796. The number of hydrogen-bond donors (Lipinski definition) is 0. The lowest BCUT2D eigenvalue weighted by molar-refractivity contribution is -0.151. The normalized spacial score (nSPS) is 17.5. The van der Waals surface area contributed by atoms with Crippen molar-refractivity contribution in [3.63, 3.8) is 0 Å². The lowest BCUT2D eigenvalue weighted by Gasteiger charge is -1.79. The predicted octanol–water partition coefficient (Wildman–Crippen LogP) is 0.00250. The molecule has 1 heterocycles. The van der Waals surface area contributed by atoms with Gasteiger partial charge >= 0.3 is 11.9 Å². The smallest absolute Gasteiger partial charge is 0.314 e. The molecule has 0 aromatic rings. The zero-order valence-electron chi connectivity index (χ0n) is 4.05. The molecule has 1 aliphatic heterocycles. The molecule has 0 spiro atoms. The van der Waals surface area contributed by atoms with Crippen LogP contribution < -0.4 is 0 Å². The summed E-state index contributed by atoms with van der Waals surface area (Å²) in [6, 6.07) is 0. The molecule has 0 bridgehead atoms. The van der Waals surface area contributed by atoms with E-state index in [9.17, 15) is 9.59 Å². The molecule has 0 atom stereocenters. The van der Waals surface area contributed by atoms with E-state index in [2.05, 4.69) is 4.74 Å². The molecule has 46 valence electrons. The minimum absolute atomic E-state index is 0. The SMILES string of the molecule is F.O=C1CCC(=O)O1. The van der Waals surface area contributed by atoms with Gasteiger partial charge in [-0.15, -0.1) is 0 Å². The summed E-state index contributed by atoms with van der Waals surface area (Å²) in [5, 5.41) is 0. The fraction of sp³-hybridized carbons (Fsp3) is 0.500. The number of carbonyl (C=O) groups excluding carboxylic acids is 2. The fourth-order valence-corrected chi connectivity index (χ4v) is 0.433. The van der Waals surface area contributed by atoms with E-state index in [-0.39, 0.29) is 17.5 Å². The number of hydrogen-bond acceptors (Lipinski definition) is 3. The molecular weight excluding hydrogens is 115 g/mol. The molecule has 3 nitrogen and oxygen atoms in total. The second-order valence-corrected chi connectivity index (χ2v) is 1.35. The highest BCUT2D eigenvalue weighted by Crippen LogP contribution is 2.03. The highest BCUT2D eigenvalue weighted by atomic mass is 19.0. The van der Waals surface area contributed by atoms with Crippen molar-refractivity contribution in [2.75, 3.05) is 0 Å². The number of rotatable bonds is 0. The Hall–Kier alpha value is -0.930. The van der Waals surface area contributed by atoms with Gasteiger partial charge in [0.2, 0.25) is 0 Å². The Morgan fingerprint density at radius 1 is 1.12 bits per heavy atom. The molecule has 0 unspecified atom stereocenters. The van der Waals surface area contributed by atoms with Crippen LogP contribution in [0.2, 0.25) is 0 Å². The molecule has 4 heteroatoms. The molecule has 0 saturated carbocycles. The van der Waals surface area contributed by atoms with Crippen molar-refractivity contribution in [1.29, 1.82) is 0 Å². The van der Waals surface area contributed by atoms with Gasteiger partial charge in [-0.1, -0.05) is 0 Å². The summed E-state index contributed by atoms with van der Waals surface area (Å²) in [7, 11) is 0. The first-order valence-electron chi connectivity index (χ1n) is 2.02. The monoisotopic (exact) mass is 120 g/mol. The van der Waals surface area contributed by atoms with E-state index in [1.165, 1.54) is 0 Å². The Bertz CT molecular complexity index is 106. The first kappa shape index (κ1) is 7.07. The number of ether oxygens (including phenoxy) is 1. The van der Waals surface area contributed by atoms with Crippen LogP contribution in [0.4, 0.5) is 4.70 Å². The molecule has 0 N–H and O–H groups in total. The molecule has 1 rings (SSSR count). The molecule has 1 aliphatic rings. The van der Waals surface area contributed by atoms with Gasteiger partial charge in [-0.2, -0.15) is 0 Å².